The molecule has 2 rings (SSSR count). The predicted molar refractivity (Wildman–Crippen MR) is 68.9 cm³/mol. The summed E-state index contributed by atoms with van der Waals surface area (Å²) in [6.45, 7) is 4.09. The molecule has 0 saturated carbocycles. The van der Waals surface area contributed by atoms with Gasteiger partial charge in [-0.25, -0.2) is 0 Å². The smallest absolute Gasteiger partial charge is 0.320 e. The van der Waals surface area contributed by atoms with Gasteiger partial charge in [0.1, 0.15) is 6.04 Å². The molecule has 1 amide bonds. The Morgan fingerprint density at radius 1 is 1.33 bits per heavy atom. The van der Waals surface area contributed by atoms with E-state index in [0.717, 1.165) is 4.88 Å². The molecule has 5 nitrogen and oxygen atoms in total. The van der Waals surface area contributed by atoms with E-state index in [9.17, 15) is 9.59 Å². The first kappa shape index (κ1) is 13.0. The third-order valence-corrected chi connectivity index (χ3v) is 4.10. The van der Waals surface area contributed by atoms with Crippen LogP contribution in [0.5, 0.6) is 0 Å². The van der Waals surface area contributed by atoms with Crippen LogP contribution in [0.2, 0.25) is 0 Å². The number of nitrogens with zero attached hydrogens (tertiary/aromatic N) is 2. The van der Waals surface area contributed by atoms with E-state index in [2.05, 4.69) is 0 Å². The Morgan fingerprint density at radius 3 is 2.50 bits per heavy atom. The van der Waals surface area contributed by atoms with Gasteiger partial charge in [0.15, 0.2) is 0 Å². The van der Waals surface area contributed by atoms with E-state index in [4.69, 9.17) is 5.11 Å². The van der Waals surface area contributed by atoms with Crippen molar-refractivity contribution < 1.29 is 14.7 Å². The Kier molecular flexibility index (Phi) is 3.98. The van der Waals surface area contributed by atoms with Crippen LogP contribution in [0, 0.1) is 0 Å². The molecular formula is C12H16N2O3S. The maximum Gasteiger partial charge on any atom is 0.320 e. The maximum atomic E-state index is 12.1. The summed E-state index contributed by atoms with van der Waals surface area (Å²) >= 11 is 1.44. The fourth-order valence-electron chi connectivity index (χ4n) is 2.02. The molecule has 1 aromatic heterocycles. The van der Waals surface area contributed by atoms with Crippen molar-refractivity contribution >= 4 is 23.2 Å². The highest BCUT2D eigenvalue weighted by Crippen LogP contribution is 2.14. The van der Waals surface area contributed by atoms with Crippen LogP contribution >= 0.6 is 11.3 Å². The van der Waals surface area contributed by atoms with Gasteiger partial charge in [0, 0.05) is 26.2 Å². The number of carboxylic acids is 1. The van der Waals surface area contributed by atoms with Gasteiger partial charge in [0.2, 0.25) is 0 Å². The summed E-state index contributed by atoms with van der Waals surface area (Å²) in [5.74, 6) is -0.763. The van der Waals surface area contributed by atoms with Gasteiger partial charge in [-0.2, -0.15) is 0 Å². The number of piperazine rings is 1. The Bertz CT molecular complexity index is 425. The van der Waals surface area contributed by atoms with Gasteiger partial charge >= 0.3 is 5.97 Å². The quantitative estimate of drug-likeness (QED) is 0.887. The number of aliphatic carboxylic acids is 1. The fourth-order valence-corrected chi connectivity index (χ4v) is 2.72. The molecule has 2 heterocycles. The molecule has 0 bridgehead atoms. The van der Waals surface area contributed by atoms with Crippen molar-refractivity contribution in [1.82, 2.24) is 9.80 Å². The number of thiophene rings is 1. The van der Waals surface area contributed by atoms with Gasteiger partial charge < -0.3 is 10.0 Å². The van der Waals surface area contributed by atoms with Crippen LogP contribution in [0.4, 0.5) is 0 Å². The van der Waals surface area contributed by atoms with Crippen LogP contribution in [0.3, 0.4) is 0 Å². The van der Waals surface area contributed by atoms with Crippen molar-refractivity contribution in [3.05, 3.63) is 22.4 Å². The zero-order valence-corrected chi connectivity index (χ0v) is 11.0. The minimum Gasteiger partial charge on any atom is -0.480 e. The first-order valence-corrected chi connectivity index (χ1v) is 6.77. The maximum absolute atomic E-state index is 12.1. The lowest BCUT2D eigenvalue weighted by molar-refractivity contribution is -0.143. The molecule has 1 saturated heterocycles. The first-order valence-electron chi connectivity index (χ1n) is 5.89. The summed E-state index contributed by atoms with van der Waals surface area (Å²) in [6, 6.07) is 3.20. The van der Waals surface area contributed by atoms with Crippen molar-refractivity contribution in [2.75, 3.05) is 26.2 Å². The van der Waals surface area contributed by atoms with Crippen LogP contribution in [0.15, 0.2) is 17.5 Å². The number of carbonyl (C=O) groups excluding carboxylic acids is 1. The highest BCUT2D eigenvalue weighted by Gasteiger charge is 2.27. The molecule has 1 aromatic rings. The molecule has 1 aliphatic heterocycles. The second-order valence-corrected chi connectivity index (χ2v) is 5.27. The van der Waals surface area contributed by atoms with Crippen molar-refractivity contribution in [1.29, 1.82) is 0 Å². The topological polar surface area (TPSA) is 60.9 Å². The Morgan fingerprint density at radius 2 is 2.00 bits per heavy atom. The van der Waals surface area contributed by atoms with Crippen molar-refractivity contribution in [3.8, 4) is 0 Å². The van der Waals surface area contributed by atoms with Gasteiger partial charge in [0.25, 0.3) is 5.91 Å². The zero-order valence-electron chi connectivity index (χ0n) is 10.2. The average Bonchev–Trinajstić information content (AvgIpc) is 2.91. The Labute approximate surface area is 110 Å². The van der Waals surface area contributed by atoms with Crippen LogP contribution < -0.4 is 0 Å². The minimum absolute atomic E-state index is 0.0487. The molecule has 18 heavy (non-hydrogen) atoms. The van der Waals surface area contributed by atoms with Crippen LogP contribution in [-0.4, -0.2) is 59.0 Å². The van der Waals surface area contributed by atoms with Crippen LogP contribution in [0.25, 0.3) is 0 Å². The molecule has 1 N–H and O–H groups in total. The van der Waals surface area contributed by atoms with E-state index < -0.39 is 12.0 Å². The van der Waals surface area contributed by atoms with Gasteiger partial charge in [-0.05, 0) is 18.4 Å². The van der Waals surface area contributed by atoms with Gasteiger partial charge in [-0.3, -0.25) is 14.5 Å². The molecule has 0 aromatic carbocycles. The van der Waals surface area contributed by atoms with Gasteiger partial charge in [-0.15, -0.1) is 11.3 Å². The molecular weight excluding hydrogens is 252 g/mol. The number of hydrogen-bond acceptors (Lipinski definition) is 4. The first-order chi connectivity index (χ1) is 8.59. The summed E-state index contributed by atoms with van der Waals surface area (Å²) in [6.07, 6.45) is 0. The lowest BCUT2D eigenvalue weighted by Crippen LogP contribution is -2.53. The second kappa shape index (κ2) is 5.49. The van der Waals surface area contributed by atoms with Crippen LogP contribution in [-0.2, 0) is 4.79 Å². The highest BCUT2D eigenvalue weighted by atomic mass is 32.1. The standard InChI is InChI=1S/C12H16N2O3S/c1-9(12(16)17)13-4-6-14(7-5-13)11(15)10-3-2-8-18-10/h2-3,8-9H,4-7H2,1H3,(H,16,17). The number of carbonyl (C=O) groups is 2. The predicted octanol–water partition coefficient (Wildman–Crippen LogP) is 0.979. The third kappa shape index (κ3) is 2.70. The zero-order chi connectivity index (χ0) is 13.1. The minimum atomic E-state index is -0.812. The normalized spacial score (nSPS) is 18.6. The lowest BCUT2D eigenvalue weighted by Gasteiger charge is -2.36. The molecule has 1 aliphatic rings. The monoisotopic (exact) mass is 268 g/mol. The van der Waals surface area contributed by atoms with Crippen molar-refractivity contribution in [2.45, 2.75) is 13.0 Å². The van der Waals surface area contributed by atoms with E-state index >= 15 is 0 Å². The fraction of sp³-hybridized carbons (Fsp3) is 0.500. The number of carboxylic acid groups (broad SMARTS) is 1. The average molecular weight is 268 g/mol. The molecule has 0 spiro atoms. The highest BCUT2D eigenvalue weighted by molar-refractivity contribution is 7.12. The number of rotatable bonds is 3. The van der Waals surface area contributed by atoms with Gasteiger partial charge in [0.05, 0.1) is 4.88 Å². The summed E-state index contributed by atoms with van der Waals surface area (Å²) in [4.78, 5) is 27.4. The van der Waals surface area contributed by atoms with Crippen molar-refractivity contribution in [3.63, 3.8) is 0 Å². The SMILES string of the molecule is CC(C(=O)O)N1CCN(C(=O)c2cccs2)CC1. The lowest BCUT2D eigenvalue weighted by atomic mass is 10.2. The largest absolute Gasteiger partial charge is 0.480 e. The van der Waals surface area contributed by atoms with E-state index in [-0.39, 0.29) is 5.91 Å². The van der Waals surface area contributed by atoms with Gasteiger partial charge in [-0.1, -0.05) is 6.07 Å². The van der Waals surface area contributed by atoms with Crippen LogP contribution in [0.1, 0.15) is 16.6 Å². The van der Waals surface area contributed by atoms with E-state index in [1.807, 2.05) is 22.4 Å². The molecule has 0 radical (unpaired) electrons. The summed E-state index contributed by atoms with van der Waals surface area (Å²) < 4.78 is 0. The van der Waals surface area contributed by atoms with Crippen molar-refractivity contribution in [2.24, 2.45) is 0 Å². The molecule has 0 aliphatic carbocycles. The molecule has 1 atom stereocenters. The van der Waals surface area contributed by atoms with E-state index in [0.29, 0.717) is 26.2 Å². The third-order valence-electron chi connectivity index (χ3n) is 3.24. The molecule has 1 unspecified atom stereocenters. The summed E-state index contributed by atoms with van der Waals surface area (Å²) in [7, 11) is 0. The molecule has 98 valence electrons. The molecule has 1 fully saturated rings. The summed E-state index contributed by atoms with van der Waals surface area (Å²) in [5, 5.41) is 10.8. The van der Waals surface area contributed by atoms with E-state index in [1.54, 1.807) is 11.8 Å². The summed E-state index contributed by atoms with van der Waals surface area (Å²) in [5.41, 5.74) is 0. The Balaban J connectivity index is 1.91. The van der Waals surface area contributed by atoms with E-state index in [1.165, 1.54) is 11.3 Å². The number of amides is 1. The molecule has 6 heteroatoms. The number of hydrogen-bond donors (Lipinski definition) is 1. The Hall–Kier alpha value is -1.40. The second-order valence-electron chi connectivity index (χ2n) is 4.32.